The predicted octanol–water partition coefficient (Wildman–Crippen LogP) is 21.4. The first-order chi connectivity index (χ1) is 39.4. The summed E-state index contributed by atoms with van der Waals surface area (Å²) in [6.45, 7) is 6.85. The van der Waals surface area contributed by atoms with Gasteiger partial charge in [-0.2, -0.15) is 0 Å². The van der Waals surface area contributed by atoms with Crippen molar-refractivity contribution in [2.75, 3.05) is 40.9 Å². The number of hydrogen-bond acceptors (Lipinski definition) is 7. The van der Waals surface area contributed by atoms with E-state index in [2.05, 4.69) is 62.5 Å². The summed E-state index contributed by atoms with van der Waals surface area (Å²) in [5.41, 5.74) is 0. The third-order valence-electron chi connectivity index (χ3n) is 15.8. The van der Waals surface area contributed by atoms with E-state index >= 15 is 0 Å². The second-order valence-electron chi connectivity index (χ2n) is 25.0. The van der Waals surface area contributed by atoms with E-state index in [4.69, 9.17) is 13.8 Å². The first-order valence-electron chi connectivity index (χ1n) is 34.9. The average Bonchev–Trinajstić information content (AvgIpc) is 3.44. The summed E-state index contributed by atoms with van der Waals surface area (Å²) < 4.78 is 30.4. The summed E-state index contributed by atoms with van der Waals surface area (Å²) in [6, 6.07) is -0.896. The highest BCUT2D eigenvalue weighted by Gasteiger charge is 2.27. The number of carbonyl (C=O) groups is 2. The molecule has 0 rings (SSSR count). The lowest BCUT2D eigenvalue weighted by Crippen LogP contribution is -2.47. The number of quaternary nitrogens is 1. The number of rotatable bonds is 64. The van der Waals surface area contributed by atoms with Gasteiger partial charge in [-0.1, -0.05) is 307 Å². The van der Waals surface area contributed by atoms with E-state index in [0.29, 0.717) is 23.9 Å². The summed E-state index contributed by atoms with van der Waals surface area (Å²) >= 11 is 0. The summed E-state index contributed by atoms with van der Waals surface area (Å²) in [7, 11) is 1.18. The van der Waals surface area contributed by atoms with E-state index in [9.17, 15) is 19.0 Å². The smallest absolute Gasteiger partial charge is 0.306 e. The molecule has 476 valence electrons. The zero-order chi connectivity index (χ0) is 59.3. The minimum atomic E-state index is -4.71. The van der Waals surface area contributed by atoms with Crippen LogP contribution in [0.15, 0.2) is 48.6 Å². The maximum Gasteiger partial charge on any atom is 0.306 e. The van der Waals surface area contributed by atoms with Gasteiger partial charge in [0.15, 0.2) is 0 Å². The second kappa shape index (κ2) is 61.1. The van der Waals surface area contributed by atoms with Crippen molar-refractivity contribution < 1.29 is 37.3 Å². The van der Waals surface area contributed by atoms with Gasteiger partial charge in [0.1, 0.15) is 19.3 Å². The number of hydrogen-bond donors (Lipinski definition) is 1. The third kappa shape index (κ3) is 62.3. The maximum absolute atomic E-state index is 13.6. The topological polar surface area (TPSA) is 114 Å². The molecule has 0 radical (unpaired) electrons. The van der Waals surface area contributed by atoms with Crippen molar-refractivity contribution in [3.63, 3.8) is 0 Å². The van der Waals surface area contributed by atoms with Crippen molar-refractivity contribution in [2.24, 2.45) is 0 Å². The van der Waals surface area contributed by atoms with Crippen LogP contribution in [0, 0.1) is 0 Å². The molecule has 1 N–H and O–H groups in total. The number of nitrogens with zero attached hydrogens (tertiary/aromatic N) is 1. The number of allylic oxidation sites excluding steroid dienone is 7. The van der Waals surface area contributed by atoms with Crippen LogP contribution in [-0.2, 0) is 27.9 Å². The SMILES string of the molecule is CCCCC/C=C\C/C=C\C/C=C\CCCCCCC(=O)OC(/C=C\CCCCCCCCCCCCC)C(COP(=O)([O-])OCC[N+](C)(C)C)NC(=O)CCCCCCCCCCCCCCCCCCCCCCCCCCC. The van der Waals surface area contributed by atoms with Crippen LogP contribution in [0.3, 0.4) is 0 Å². The number of unbranched alkanes of at least 4 members (excludes halogenated alkanes) is 42. The summed E-state index contributed by atoms with van der Waals surface area (Å²) in [5.74, 6) is -0.551. The van der Waals surface area contributed by atoms with Crippen molar-refractivity contribution in [1.29, 1.82) is 0 Å². The van der Waals surface area contributed by atoms with E-state index in [1.807, 2.05) is 33.3 Å². The lowest BCUT2D eigenvalue weighted by atomic mass is 10.0. The minimum absolute atomic E-state index is 0.0246. The molecule has 10 heteroatoms. The molecule has 0 aliphatic rings. The van der Waals surface area contributed by atoms with Gasteiger partial charge in [-0.3, -0.25) is 14.2 Å². The van der Waals surface area contributed by atoms with Gasteiger partial charge in [0.25, 0.3) is 7.82 Å². The highest BCUT2D eigenvalue weighted by molar-refractivity contribution is 7.45. The van der Waals surface area contributed by atoms with Gasteiger partial charge in [0, 0.05) is 12.8 Å². The summed E-state index contributed by atoms with van der Waals surface area (Å²) in [4.78, 5) is 40.1. The molecule has 0 fully saturated rings. The van der Waals surface area contributed by atoms with E-state index < -0.39 is 26.6 Å². The van der Waals surface area contributed by atoms with Crippen molar-refractivity contribution >= 4 is 19.7 Å². The van der Waals surface area contributed by atoms with Crippen molar-refractivity contribution in [3.8, 4) is 0 Å². The van der Waals surface area contributed by atoms with E-state index in [1.54, 1.807) is 0 Å². The molecule has 9 nitrogen and oxygen atoms in total. The van der Waals surface area contributed by atoms with Crippen LogP contribution in [0.1, 0.15) is 342 Å². The van der Waals surface area contributed by atoms with Gasteiger partial charge in [-0.05, 0) is 70.3 Å². The molecule has 0 saturated carbocycles. The number of amides is 1. The molecule has 0 aromatic rings. The molecule has 0 saturated heterocycles. The predicted molar refractivity (Wildman–Crippen MR) is 349 cm³/mol. The highest BCUT2D eigenvalue weighted by Crippen LogP contribution is 2.38. The van der Waals surface area contributed by atoms with Gasteiger partial charge in [0.2, 0.25) is 5.91 Å². The van der Waals surface area contributed by atoms with Gasteiger partial charge in [-0.25, -0.2) is 0 Å². The molecule has 3 unspecified atom stereocenters. The third-order valence-corrected chi connectivity index (χ3v) is 16.7. The Hall–Kier alpha value is -2.03. The molecule has 81 heavy (non-hydrogen) atoms. The Labute approximate surface area is 503 Å². The average molecular weight is 1160 g/mol. The number of phosphoric acid groups is 1. The molecule has 0 spiro atoms. The number of phosphoric ester groups is 1. The van der Waals surface area contributed by atoms with Crippen LogP contribution in [-0.4, -0.2) is 69.4 Å². The van der Waals surface area contributed by atoms with Crippen LogP contribution < -0.4 is 10.2 Å². The zero-order valence-corrected chi connectivity index (χ0v) is 55.4. The summed E-state index contributed by atoms with van der Waals surface area (Å²) in [6.07, 6.45) is 76.6. The van der Waals surface area contributed by atoms with Crippen molar-refractivity contribution in [2.45, 2.75) is 354 Å². The van der Waals surface area contributed by atoms with Crippen LogP contribution in [0.5, 0.6) is 0 Å². The number of ether oxygens (including phenoxy) is 1. The quantitative estimate of drug-likeness (QED) is 0.0212. The largest absolute Gasteiger partial charge is 0.756 e. The summed E-state index contributed by atoms with van der Waals surface area (Å²) in [5, 5.41) is 3.04. The van der Waals surface area contributed by atoms with Crippen LogP contribution in [0.4, 0.5) is 0 Å². The molecule has 0 aromatic carbocycles. The van der Waals surface area contributed by atoms with Gasteiger partial charge >= 0.3 is 5.97 Å². The molecule has 0 aromatic heterocycles. The Morgan fingerprint density at radius 3 is 1.15 bits per heavy atom. The first kappa shape index (κ1) is 79.0. The Balaban J connectivity index is 5.09. The minimum Gasteiger partial charge on any atom is -0.756 e. The molecule has 0 aliphatic heterocycles. The fourth-order valence-electron chi connectivity index (χ4n) is 10.4. The van der Waals surface area contributed by atoms with Crippen molar-refractivity contribution in [1.82, 2.24) is 5.32 Å². The number of esters is 1. The number of nitrogens with one attached hydrogen (secondary N) is 1. The Kier molecular flexibility index (Phi) is 59.5. The molecule has 0 aliphatic carbocycles. The van der Waals surface area contributed by atoms with Crippen LogP contribution in [0.2, 0.25) is 0 Å². The molecule has 1 amide bonds. The van der Waals surface area contributed by atoms with Crippen LogP contribution in [0.25, 0.3) is 0 Å². The maximum atomic E-state index is 13.6. The zero-order valence-electron chi connectivity index (χ0n) is 54.5. The monoisotopic (exact) mass is 1160 g/mol. The van der Waals surface area contributed by atoms with E-state index in [-0.39, 0.29) is 24.9 Å². The standard InChI is InChI=1S/C71H135N2O7P/c1-7-10-13-16-19-22-25-28-30-32-33-34-35-36-37-38-39-41-42-45-48-51-54-57-60-63-70(74)72-68(67-79-81(76,77)78-66-65-73(4,5)6)69(62-59-56-53-50-47-44-27-24-21-18-15-12-9-3)80-71(75)64-61-58-55-52-49-46-43-40-31-29-26-23-20-17-14-11-8-2/h20,23,29,31,43,46,59,62,68-69H,7-19,21-22,24-28,30,32-42,44-45,47-58,60-61,63-67H2,1-6H3,(H-,72,74,76,77)/b23-20-,31-29-,46-43-,62-59-. The second-order valence-corrected chi connectivity index (χ2v) is 26.5. The Morgan fingerprint density at radius 2 is 0.753 bits per heavy atom. The molecular formula is C71H135N2O7P. The Morgan fingerprint density at radius 1 is 0.432 bits per heavy atom. The first-order valence-corrected chi connectivity index (χ1v) is 36.4. The molecule has 3 atom stereocenters. The number of carbonyl (C=O) groups excluding carboxylic acids is 2. The fraction of sp³-hybridized carbons (Fsp3) is 0.859. The van der Waals surface area contributed by atoms with Gasteiger partial charge < -0.3 is 28.5 Å². The van der Waals surface area contributed by atoms with Crippen LogP contribution >= 0.6 is 7.82 Å². The normalized spacial score (nSPS) is 13.8. The van der Waals surface area contributed by atoms with Gasteiger partial charge in [-0.15, -0.1) is 0 Å². The Bertz CT molecular complexity index is 1520. The lowest BCUT2D eigenvalue weighted by Gasteiger charge is -2.30. The molecule has 0 heterocycles. The highest BCUT2D eigenvalue weighted by atomic mass is 31.2. The van der Waals surface area contributed by atoms with Crippen molar-refractivity contribution in [3.05, 3.63) is 48.6 Å². The number of likely N-dealkylation sites (N-methyl/N-ethyl adjacent to an activating group) is 1. The van der Waals surface area contributed by atoms with E-state index in [1.165, 1.54) is 225 Å². The molecular weight excluding hydrogens is 1020 g/mol. The van der Waals surface area contributed by atoms with Gasteiger partial charge in [0.05, 0.1) is 33.8 Å². The lowest BCUT2D eigenvalue weighted by molar-refractivity contribution is -0.870. The van der Waals surface area contributed by atoms with E-state index in [0.717, 1.165) is 77.0 Å². The fourth-order valence-corrected chi connectivity index (χ4v) is 11.1. The molecule has 0 bridgehead atoms.